The highest BCUT2D eigenvalue weighted by molar-refractivity contribution is 9.10. The number of benzene rings is 1. The first-order valence-corrected chi connectivity index (χ1v) is 6.03. The largest absolute Gasteiger partial charge is 0.496 e. The highest BCUT2D eigenvalue weighted by Crippen LogP contribution is 2.25. The van der Waals surface area contributed by atoms with E-state index >= 15 is 0 Å². The van der Waals surface area contributed by atoms with E-state index in [0.29, 0.717) is 0 Å². The third-order valence-electron chi connectivity index (χ3n) is 2.42. The molecule has 0 fully saturated rings. The number of aryl methyl sites for hydroxylation is 1. The molecule has 0 atom stereocenters. The second kappa shape index (κ2) is 5.23. The molecular formula is C12H14BrN3O. The summed E-state index contributed by atoms with van der Waals surface area (Å²) in [5, 5.41) is 7.40. The minimum absolute atomic E-state index is 0.758. The Balaban J connectivity index is 2.02. The van der Waals surface area contributed by atoms with Crippen molar-refractivity contribution in [3.8, 4) is 5.75 Å². The van der Waals surface area contributed by atoms with Crippen LogP contribution in [-0.4, -0.2) is 16.9 Å². The normalized spacial score (nSPS) is 10.3. The van der Waals surface area contributed by atoms with E-state index in [1.54, 1.807) is 18.0 Å². The Hall–Kier alpha value is -1.49. The molecule has 90 valence electrons. The molecule has 5 heteroatoms. The third-order valence-corrected chi connectivity index (χ3v) is 3.04. The second-order valence-electron chi connectivity index (χ2n) is 3.73. The third kappa shape index (κ3) is 3.00. The zero-order chi connectivity index (χ0) is 12.3. The fourth-order valence-corrected chi connectivity index (χ4v) is 2.12. The van der Waals surface area contributed by atoms with E-state index in [1.165, 1.54) is 5.56 Å². The molecule has 0 saturated carbocycles. The molecule has 1 heterocycles. The van der Waals surface area contributed by atoms with Gasteiger partial charge in [-0.15, -0.1) is 0 Å². The molecule has 0 unspecified atom stereocenters. The van der Waals surface area contributed by atoms with Crippen molar-refractivity contribution in [1.29, 1.82) is 0 Å². The summed E-state index contributed by atoms with van der Waals surface area (Å²) in [6.07, 6.45) is 3.75. The maximum atomic E-state index is 5.19. The van der Waals surface area contributed by atoms with Crippen LogP contribution in [0.2, 0.25) is 0 Å². The SMILES string of the molecule is COc1ccc(CNc2cnn(C)c2)cc1Br. The van der Waals surface area contributed by atoms with Crippen LogP contribution in [0.1, 0.15) is 5.56 Å². The van der Waals surface area contributed by atoms with Crippen molar-refractivity contribution in [1.82, 2.24) is 9.78 Å². The maximum Gasteiger partial charge on any atom is 0.133 e. The lowest BCUT2D eigenvalue weighted by Gasteiger charge is -2.07. The van der Waals surface area contributed by atoms with Crippen molar-refractivity contribution in [2.45, 2.75) is 6.54 Å². The van der Waals surface area contributed by atoms with Gasteiger partial charge in [0.25, 0.3) is 0 Å². The Morgan fingerprint density at radius 3 is 2.88 bits per heavy atom. The standard InChI is InChI=1S/C12H14BrN3O/c1-16-8-10(7-15-16)14-6-9-3-4-12(17-2)11(13)5-9/h3-5,7-8,14H,6H2,1-2H3. The molecule has 17 heavy (non-hydrogen) atoms. The zero-order valence-electron chi connectivity index (χ0n) is 9.77. The molecule has 0 spiro atoms. The molecule has 0 aliphatic heterocycles. The average Bonchev–Trinajstić information content (AvgIpc) is 2.73. The molecule has 1 aromatic heterocycles. The van der Waals surface area contributed by atoms with Crippen LogP contribution in [0.5, 0.6) is 5.75 Å². The Morgan fingerprint density at radius 2 is 2.29 bits per heavy atom. The highest BCUT2D eigenvalue weighted by atomic mass is 79.9. The highest BCUT2D eigenvalue weighted by Gasteiger charge is 2.01. The molecule has 1 N–H and O–H groups in total. The lowest BCUT2D eigenvalue weighted by molar-refractivity contribution is 0.412. The summed E-state index contributed by atoms with van der Waals surface area (Å²) < 4.78 is 7.92. The van der Waals surface area contributed by atoms with Gasteiger partial charge in [0, 0.05) is 19.8 Å². The van der Waals surface area contributed by atoms with E-state index in [4.69, 9.17) is 4.74 Å². The number of aromatic nitrogens is 2. The molecule has 0 aliphatic rings. The first-order chi connectivity index (χ1) is 8.19. The van der Waals surface area contributed by atoms with Crippen LogP contribution in [0.4, 0.5) is 5.69 Å². The van der Waals surface area contributed by atoms with Gasteiger partial charge < -0.3 is 10.1 Å². The van der Waals surface area contributed by atoms with E-state index < -0.39 is 0 Å². The number of nitrogens with zero attached hydrogens (tertiary/aromatic N) is 2. The van der Waals surface area contributed by atoms with E-state index in [-0.39, 0.29) is 0 Å². The van der Waals surface area contributed by atoms with Crippen LogP contribution >= 0.6 is 15.9 Å². The minimum atomic E-state index is 0.758. The van der Waals surface area contributed by atoms with Gasteiger partial charge >= 0.3 is 0 Å². The Labute approximate surface area is 109 Å². The van der Waals surface area contributed by atoms with E-state index in [2.05, 4.69) is 26.3 Å². The van der Waals surface area contributed by atoms with Gasteiger partial charge in [-0.05, 0) is 33.6 Å². The van der Waals surface area contributed by atoms with Gasteiger partial charge in [0.1, 0.15) is 5.75 Å². The van der Waals surface area contributed by atoms with Crippen LogP contribution < -0.4 is 10.1 Å². The molecule has 2 rings (SSSR count). The van der Waals surface area contributed by atoms with Crippen molar-refractivity contribution < 1.29 is 4.74 Å². The van der Waals surface area contributed by atoms with Gasteiger partial charge in [-0.1, -0.05) is 6.07 Å². The predicted octanol–water partition coefficient (Wildman–Crippen LogP) is 2.80. The number of methoxy groups -OCH3 is 1. The van der Waals surface area contributed by atoms with Crippen LogP contribution in [0.3, 0.4) is 0 Å². The summed E-state index contributed by atoms with van der Waals surface area (Å²) in [5.74, 6) is 0.843. The lowest BCUT2D eigenvalue weighted by Crippen LogP contribution is -1.98. The summed E-state index contributed by atoms with van der Waals surface area (Å²) >= 11 is 3.47. The summed E-state index contributed by atoms with van der Waals surface area (Å²) in [6.45, 7) is 0.758. The van der Waals surface area contributed by atoms with Gasteiger partial charge in [0.05, 0.1) is 23.5 Å². The van der Waals surface area contributed by atoms with E-state index in [1.807, 2.05) is 31.4 Å². The number of rotatable bonds is 4. The van der Waals surface area contributed by atoms with Crippen molar-refractivity contribution in [2.75, 3.05) is 12.4 Å². The summed E-state index contributed by atoms with van der Waals surface area (Å²) in [5.41, 5.74) is 2.20. The Kier molecular flexibility index (Phi) is 3.68. The molecule has 0 saturated heterocycles. The van der Waals surface area contributed by atoms with Crippen molar-refractivity contribution in [3.05, 3.63) is 40.6 Å². The van der Waals surface area contributed by atoms with Gasteiger partial charge in [0.2, 0.25) is 0 Å². The topological polar surface area (TPSA) is 39.1 Å². The first-order valence-electron chi connectivity index (χ1n) is 5.24. The molecule has 0 aliphatic carbocycles. The lowest BCUT2D eigenvalue weighted by atomic mass is 10.2. The maximum absolute atomic E-state index is 5.19. The quantitative estimate of drug-likeness (QED) is 0.943. The fourth-order valence-electron chi connectivity index (χ4n) is 1.54. The van der Waals surface area contributed by atoms with E-state index in [9.17, 15) is 0 Å². The fraction of sp³-hybridized carbons (Fsp3) is 0.250. The molecule has 1 aromatic carbocycles. The number of nitrogens with one attached hydrogen (secondary N) is 1. The van der Waals surface area contributed by atoms with Crippen molar-refractivity contribution >= 4 is 21.6 Å². The molecule has 0 amide bonds. The van der Waals surface area contributed by atoms with Crippen molar-refractivity contribution in [2.24, 2.45) is 7.05 Å². The van der Waals surface area contributed by atoms with Gasteiger partial charge in [-0.3, -0.25) is 4.68 Å². The molecule has 4 nitrogen and oxygen atoms in total. The van der Waals surface area contributed by atoms with Gasteiger partial charge in [-0.2, -0.15) is 5.10 Å². The van der Waals surface area contributed by atoms with Crippen molar-refractivity contribution in [3.63, 3.8) is 0 Å². The van der Waals surface area contributed by atoms with Crippen LogP contribution in [0.15, 0.2) is 35.1 Å². The monoisotopic (exact) mass is 295 g/mol. The van der Waals surface area contributed by atoms with Crippen LogP contribution in [-0.2, 0) is 13.6 Å². The number of hydrogen-bond acceptors (Lipinski definition) is 3. The van der Waals surface area contributed by atoms with Gasteiger partial charge in [-0.25, -0.2) is 0 Å². The molecule has 0 bridgehead atoms. The second-order valence-corrected chi connectivity index (χ2v) is 4.58. The Morgan fingerprint density at radius 1 is 1.47 bits per heavy atom. The number of hydrogen-bond donors (Lipinski definition) is 1. The van der Waals surface area contributed by atoms with E-state index in [0.717, 1.165) is 22.5 Å². The predicted molar refractivity (Wildman–Crippen MR) is 71.2 cm³/mol. The number of ether oxygens (including phenoxy) is 1. The summed E-state index contributed by atoms with van der Waals surface area (Å²) in [7, 11) is 3.56. The first kappa shape index (κ1) is 12.0. The Bertz CT molecular complexity index is 510. The molecular weight excluding hydrogens is 282 g/mol. The summed E-state index contributed by atoms with van der Waals surface area (Å²) in [4.78, 5) is 0. The molecule has 2 aromatic rings. The number of anilines is 1. The zero-order valence-corrected chi connectivity index (χ0v) is 11.4. The number of halogens is 1. The molecule has 0 radical (unpaired) electrons. The van der Waals surface area contributed by atoms with Gasteiger partial charge in [0.15, 0.2) is 0 Å². The smallest absolute Gasteiger partial charge is 0.133 e. The summed E-state index contributed by atoms with van der Waals surface area (Å²) in [6, 6.07) is 6.03. The average molecular weight is 296 g/mol. The van der Waals surface area contributed by atoms with Crippen LogP contribution in [0, 0.1) is 0 Å². The van der Waals surface area contributed by atoms with Crippen LogP contribution in [0.25, 0.3) is 0 Å². The minimum Gasteiger partial charge on any atom is -0.496 e.